The zero-order valence-corrected chi connectivity index (χ0v) is 21.4. The van der Waals surface area contributed by atoms with Crippen molar-refractivity contribution in [3.05, 3.63) is 93.2 Å². The van der Waals surface area contributed by atoms with Crippen LogP contribution in [-0.4, -0.2) is 28.6 Å². The fourth-order valence-corrected chi connectivity index (χ4v) is 4.45. The van der Waals surface area contributed by atoms with Crippen molar-refractivity contribution in [3.63, 3.8) is 0 Å². The van der Waals surface area contributed by atoms with Crippen LogP contribution >= 0.6 is 34.8 Å². The molecule has 0 saturated heterocycles. The number of aryl methyl sites for hydroxylation is 1. The van der Waals surface area contributed by atoms with Crippen molar-refractivity contribution in [2.75, 3.05) is 13.2 Å². The van der Waals surface area contributed by atoms with Gasteiger partial charge in [-0.1, -0.05) is 59.4 Å². The van der Waals surface area contributed by atoms with E-state index in [4.69, 9.17) is 44.5 Å². The molecule has 1 heterocycles. The van der Waals surface area contributed by atoms with Gasteiger partial charge in [-0.2, -0.15) is 0 Å². The largest absolute Gasteiger partial charge is 0.484 e. The molecule has 0 aliphatic rings. The number of rotatable bonds is 11. The number of ether oxygens (including phenoxy) is 1. The highest BCUT2D eigenvalue weighted by molar-refractivity contribution is 6.35. The number of hydrogen-bond acceptors (Lipinski definition) is 3. The predicted octanol–water partition coefficient (Wildman–Crippen LogP) is 6.95. The lowest BCUT2D eigenvalue weighted by Crippen LogP contribution is -2.29. The third-order valence-corrected chi connectivity index (χ3v) is 6.50. The van der Waals surface area contributed by atoms with Gasteiger partial charge in [0.2, 0.25) is 0 Å². The molecule has 4 aromatic rings. The van der Waals surface area contributed by atoms with Crippen LogP contribution in [0.25, 0.3) is 11.0 Å². The normalized spacial score (nSPS) is 11.1. The summed E-state index contributed by atoms with van der Waals surface area (Å²) in [5, 5.41) is 4.81. The Kier molecular flexibility index (Phi) is 8.91. The second-order valence-electron chi connectivity index (χ2n) is 8.24. The number of fused-ring (bicyclic) bond motifs is 1. The van der Waals surface area contributed by atoms with Gasteiger partial charge < -0.3 is 14.6 Å². The maximum absolute atomic E-state index is 12.0. The third kappa shape index (κ3) is 7.14. The van der Waals surface area contributed by atoms with E-state index >= 15 is 0 Å². The van der Waals surface area contributed by atoms with E-state index in [1.807, 2.05) is 30.3 Å². The maximum atomic E-state index is 12.0. The first-order valence-corrected chi connectivity index (χ1v) is 12.7. The van der Waals surface area contributed by atoms with Crippen molar-refractivity contribution in [3.8, 4) is 5.75 Å². The number of hydrogen-bond donors (Lipinski definition) is 1. The molecule has 1 N–H and O–H groups in total. The van der Waals surface area contributed by atoms with Gasteiger partial charge in [-0.15, -0.1) is 0 Å². The van der Waals surface area contributed by atoms with E-state index in [9.17, 15) is 4.79 Å². The second-order valence-corrected chi connectivity index (χ2v) is 9.52. The molecule has 0 spiro atoms. The Morgan fingerprint density at radius 2 is 1.69 bits per heavy atom. The van der Waals surface area contributed by atoms with Crippen molar-refractivity contribution in [1.29, 1.82) is 0 Å². The van der Waals surface area contributed by atoms with Crippen LogP contribution < -0.4 is 10.1 Å². The van der Waals surface area contributed by atoms with Crippen LogP contribution in [0.1, 0.15) is 30.7 Å². The average Bonchev–Trinajstić information content (AvgIpc) is 3.20. The molecule has 1 aromatic heterocycles. The smallest absolute Gasteiger partial charge is 0.257 e. The summed E-state index contributed by atoms with van der Waals surface area (Å²) in [6.07, 6.45) is 3.67. The first-order valence-electron chi connectivity index (χ1n) is 11.5. The minimum Gasteiger partial charge on any atom is -0.484 e. The van der Waals surface area contributed by atoms with Crippen molar-refractivity contribution < 1.29 is 9.53 Å². The molecule has 1 amide bonds. The number of amides is 1. The van der Waals surface area contributed by atoms with Crippen LogP contribution in [0.2, 0.25) is 15.1 Å². The fraction of sp³-hybridized carbons (Fsp3) is 0.259. The summed E-state index contributed by atoms with van der Waals surface area (Å²) in [6, 6.07) is 20.7. The number of unbranched alkanes of at least 4 members (excludes halogenated alkanes) is 2. The van der Waals surface area contributed by atoms with Crippen LogP contribution in [0.5, 0.6) is 5.75 Å². The van der Waals surface area contributed by atoms with Gasteiger partial charge in [0.05, 0.1) is 17.6 Å². The third-order valence-electron chi connectivity index (χ3n) is 5.66. The van der Waals surface area contributed by atoms with Gasteiger partial charge in [0.25, 0.3) is 5.91 Å². The number of nitrogens with zero attached hydrogens (tertiary/aromatic N) is 2. The monoisotopic (exact) mass is 529 g/mol. The minimum absolute atomic E-state index is 0.0150. The predicted molar refractivity (Wildman–Crippen MR) is 143 cm³/mol. The topological polar surface area (TPSA) is 56.1 Å². The molecule has 0 bridgehead atoms. The van der Waals surface area contributed by atoms with Gasteiger partial charge >= 0.3 is 0 Å². The molecule has 35 heavy (non-hydrogen) atoms. The van der Waals surface area contributed by atoms with Gasteiger partial charge in [0, 0.05) is 28.0 Å². The summed E-state index contributed by atoms with van der Waals surface area (Å²) >= 11 is 18.3. The Balaban J connectivity index is 1.25. The van der Waals surface area contributed by atoms with E-state index in [2.05, 4.69) is 16.0 Å². The lowest BCUT2D eigenvalue weighted by molar-refractivity contribution is -0.123. The molecular formula is C27H26Cl3N3O2. The van der Waals surface area contributed by atoms with E-state index in [1.165, 1.54) is 0 Å². The zero-order chi connectivity index (χ0) is 24.6. The van der Waals surface area contributed by atoms with Crippen LogP contribution in [0.4, 0.5) is 0 Å². The van der Waals surface area contributed by atoms with E-state index < -0.39 is 0 Å². The molecule has 0 radical (unpaired) electrons. The molecule has 8 heteroatoms. The van der Waals surface area contributed by atoms with Gasteiger partial charge in [-0.05, 0) is 66.9 Å². The van der Waals surface area contributed by atoms with Crippen molar-refractivity contribution >= 4 is 51.7 Å². The number of para-hydroxylation sites is 2. The Hall–Kier alpha value is -2.73. The summed E-state index contributed by atoms with van der Waals surface area (Å²) in [6.45, 7) is 1.23. The summed E-state index contributed by atoms with van der Waals surface area (Å²) in [4.78, 5) is 16.9. The second kappa shape index (κ2) is 12.3. The first kappa shape index (κ1) is 25.4. The molecule has 0 unspecified atom stereocenters. The average molecular weight is 531 g/mol. The molecule has 0 aliphatic carbocycles. The van der Waals surface area contributed by atoms with Crippen molar-refractivity contribution in [2.24, 2.45) is 0 Å². The SMILES string of the molecule is O=C(COc1ccc(Cl)cc1)NCCCCCc1nc2ccccc2n1Cc1ccc(Cl)cc1Cl. The van der Waals surface area contributed by atoms with Gasteiger partial charge in [-0.3, -0.25) is 4.79 Å². The number of imidazole rings is 1. The number of nitrogens with one attached hydrogen (secondary N) is 1. The molecule has 4 rings (SSSR count). The summed E-state index contributed by atoms with van der Waals surface area (Å²) < 4.78 is 7.69. The molecule has 182 valence electrons. The Labute approximate surface area is 220 Å². The number of benzene rings is 3. The van der Waals surface area contributed by atoms with Crippen LogP contribution in [0.15, 0.2) is 66.7 Å². The van der Waals surface area contributed by atoms with Gasteiger partial charge in [0.1, 0.15) is 11.6 Å². The lowest BCUT2D eigenvalue weighted by Gasteiger charge is -2.11. The highest BCUT2D eigenvalue weighted by atomic mass is 35.5. The minimum atomic E-state index is -0.137. The van der Waals surface area contributed by atoms with Crippen LogP contribution in [0.3, 0.4) is 0 Å². The summed E-state index contributed by atoms with van der Waals surface area (Å²) in [7, 11) is 0. The molecule has 0 aliphatic heterocycles. The van der Waals surface area contributed by atoms with Gasteiger partial charge in [0.15, 0.2) is 6.61 Å². The molecule has 0 fully saturated rings. The Morgan fingerprint density at radius 1 is 0.914 bits per heavy atom. The summed E-state index contributed by atoms with van der Waals surface area (Å²) in [5.74, 6) is 1.51. The highest BCUT2D eigenvalue weighted by Crippen LogP contribution is 2.25. The fourth-order valence-electron chi connectivity index (χ4n) is 3.86. The zero-order valence-electron chi connectivity index (χ0n) is 19.1. The van der Waals surface area contributed by atoms with Crippen LogP contribution in [-0.2, 0) is 17.8 Å². The molecular weight excluding hydrogens is 505 g/mol. The molecule has 0 atom stereocenters. The number of carbonyl (C=O) groups is 1. The van der Waals surface area contributed by atoms with E-state index in [-0.39, 0.29) is 12.5 Å². The van der Waals surface area contributed by atoms with Crippen molar-refractivity contribution in [1.82, 2.24) is 14.9 Å². The number of halogens is 3. The highest BCUT2D eigenvalue weighted by Gasteiger charge is 2.12. The maximum Gasteiger partial charge on any atom is 0.257 e. The summed E-state index contributed by atoms with van der Waals surface area (Å²) in [5.41, 5.74) is 3.06. The van der Waals surface area contributed by atoms with Crippen LogP contribution in [0, 0.1) is 0 Å². The standard InChI is InChI=1S/C27H26Cl3N3O2/c28-20-11-13-22(14-12-20)35-18-27(34)31-15-5-1-2-8-26-32-24-6-3-4-7-25(24)33(26)17-19-9-10-21(29)16-23(19)30/h3-4,6-7,9-14,16H,1-2,5,8,15,17-18H2,(H,31,34). The van der Waals surface area contributed by atoms with E-state index in [0.717, 1.165) is 48.1 Å². The molecule has 3 aromatic carbocycles. The Bertz CT molecular complexity index is 1290. The van der Waals surface area contributed by atoms with E-state index in [0.29, 0.717) is 33.9 Å². The van der Waals surface area contributed by atoms with Gasteiger partial charge in [-0.25, -0.2) is 4.98 Å². The number of aromatic nitrogens is 2. The molecule has 0 saturated carbocycles. The molecule has 5 nitrogen and oxygen atoms in total. The Morgan fingerprint density at radius 3 is 2.49 bits per heavy atom. The van der Waals surface area contributed by atoms with E-state index in [1.54, 1.807) is 30.3 Å². The number of carbonyl (C=O) groups excluding carboxylic acids is 1. The quantitative estimate of drug-likeness (QED) is 0.213. The lowest BCUT2D eigenvalue weighted by atomic mass is 10.1. The van der Waals surface area contributed by atoms with Crippen molar-refractivity contribution in [2.45, 2.75) is 32.2 Å². The first-order chi connectivity index (χ1) is 17.0.